The fourth-order valence-electron chi connectivity index (χ4n) is 2.48. The Labute approximate surface area is 111 Å². The van der Waals surface area contributed by atoms with Gasteiger partial charge in [0.05, 0.1) is 0 Å². The fourth-order valence-corrected chi connectivity index (χ4v) is 2.48. The monoisotopic (exact) mass is 255 g/mol. The average Bonchev–Trinajstić information content (AvgIpc) is 2.88. The van der Waals surface area contributed by atoms with E-state index < -0.39 is 0 Å². The van der Waals surface area contributed by atoms with Crippen LogP contribution in [-0.2, 0) is 4.79 Å². The van der Waals surface area contributed by atoms with E-state index in [1.54, 1.807) is 0 Å². The molecule has 0 radical (unpaired) electrons. The van der Waals surface area contributed by atoms with Crippen molar-refractivity contribution >= 4 is 5.91 Å². The lowest BCUT2D eigenvalue weighted by atomic mass is 10.0. The summed E-state index contributed by atoms with van der Waals surface area (Å²) in [5, 5.41) is 6.37. The van der Waals surface area contributed by atoms with Crippen LogP contribution in [0.5, 0.6) is 0 Å². The maximum atomic E-state index is 11.7. The normalized spacial score (nSPS) is 19.4. The number of rotatable bonds is 9. The van der Waals surface area contributed by atoms with Crippen molar-refractivity contribution in [3.63, 3.8) is 0 Å². The molecule has 1 unspecified atom stereocenters. The third-order valence-corrected chi connectivity index (χ3v) is 3.68. The Kier molecular flexibility index (Phi) is 8.01. The summed E-state index contributed by atoms with van der Waals surface area (Å²) in [6.07, 6.45) is 4.13. The van der Waals surface area contributed by atoms with Gasteiger partial charge in [-0.25, -0.2) is 0 Å². The topological polar surface area (TPSA) is 44.4 Å². The molecule has 1 fully saturated rings. The summed E-state index contributed by atoms with van der Waals surface area (Å²) in [4.78, 5) is 14.1. The second-order valence-electron chi connectivity index (χ2n) is 5.18. The van der Waals surface area contributed by atoms with Crippen LogP contribution in [0.2, 0.25) is 0 Å². The van der Waals surface area contributed by atoms with Gasteiger partial charge in [0, 0.05) is 19.5 Å². The van der Waals surface area contributed by atoms with Crippen LogP contribution in [0.1, 0.15) is 39.5 Å². The molecule has 0 aromatic rings. The molecule has 106 valence electrons. The second kappa shape index (κ2) is 9.34. The molecular formula is C14H29N3O. The first-order valence-corrected chi connectivity index (χ1v) is 7.46. The lowest BCUT2D eigenvalue weighted by Crippen LogP contribution is -2.35. The molecule has 0 saturated carbocycles. The summed E-state index contributed by atoms with van der Waals surface area (Å²) in [5.74, 6) is 0.928. The predicted molar refractivity (Wildman–Crippen MR) is 75.6 cm³/mol. The van der Waals surface area contributed by atoms with E-state index in [0.29, 0.717) is 12.3 Å². The Hall–Kier alpha value is -0.610. The molecule has 4 nitrogen and oxygen atoms in total. The zero-order valence-corrected chi connectivity index (χ0v) is 12.0. The van der Waals surface area contributed by atoms with E-state index in [0.717, 1.165) is 45.7 Å². The molecule has 2 N–H and O–H groups in total. The minimum absolute atomic E-state index is 0.217. The number of carbonyl (C=O) groups excluding carboxylic acids is 1. The van der Waals surface area contributed by atoms with Crippen LogP contribution in [-0.4, -0.2) is 50.1 Å². The van der Waals surface area contributed by atoms with Gasteiger partial charge in [-0.15, -0.1) is 0 Å². The van der Waals surface area contributed by atoms with E-state index in [2.05, 4.69) is 29.4 Å². The van der Waals surface area contributed by atoms with Crippen molar-refractivity contribution in [1.29, 1.82) is 0 Å². The van der Waals surface area contributed by atoms with Crippen molar-refractivity contribution in [1.82, 2.24) is 15.5 Å². The fraction of sp³-hybridized carbons (Fsp3) is 0.929. The van der Waals surface area contributed by atoms with Gasteiger partial charge < -0.3 is 15.5 Å². The number of likely N-dealkylation sites (N-methyl/N-ethyl adjacent to an activating group) is 1. The Morgan fingerprint density at radius 1 is 1.39 bits per heavy atom. The van der Waals surface area contributed by atoms with Gasteiger partial charge in [0.1, 0.15) is 0 Å². The van der Waals surface area contributed by atoms with Crippen LogP contribution < -0.4 is 10.6 Å². The molecule has 0 bridgehead atoms. The number of carbonyl (C=O) groups is 1. The minimum atomic E-state index is 0.217. The molecule has 1 rings (SSSR count). The van der Waals surface area contributed by atoms with Gasteiger partial charge in [0.25, 0.3) is 0 Å². The molecule has 1 aliphatic heterocycles. The molecule has 0 aromatic carbocycles. The van der Waals surface area contributed by atoms with Crippen LogP contribution in [0.3, 0.4) is 0 Å². The van der Waals surface area contributed by atoms with Crippen molar-refractivity contribution in [2.24, 2.45) is 5.92 Å². The van der Waals surface area contributed by atoms with Crippen molar-refractivity contribution in [2.45, 2.75) is 39.5 Å². The number of nitrogens with one attached hydrogen (secondary N) is 2. The molecule has 1 amide bonds. The van der Waals surface area contributed by atoms with Gasteiger partial charge in [-0.3, -0.25) is 4.79 Å². The van der Waals surface area contributed by atoms with Gasteiger partial charge in [-0.05, 0) is 51.4 Å². The molecule has 1 atom stereocenters. The van der Waals surface area contributed by atoms with Crippen molar-refractivity contribution in [3.8, 4) is 0 Å². The van der Waals surface area contributed by atoms with Gasteiger partial charge >= 0.3 is 0 Å². The third kappa shape index (κ3) is 6.36. The first-order valence-electron chi connectivity index (χ1n) is 7.46. The molecule has 1 heterocycles. The third-order valence-electron chi connectivity index (χ3n) is 3.68. The zero-order chi connectivity index (χ0) is 13.2. The Balaban J connectivity index is 2.01. The summed E-state index contributed by atoms with van der Waals surface area (Å²) in [6, 6.07) is 0. The Bertz CT molecular complexity index is 227. The first-order chi connectivity index (χ1) is 8.76. The zero-order valence-electron chi connectivity index (χ0n) is 12.0. The summed E-state index contributed by atoms with van der Waals surface area (Å²) in [5.41, 5.74) is 0. The highest BCUT2D eigenvalue weighted by molar-refractivity contribution is 5.75. The van der Waals surface area contributed by atoms with Crippen molar-refractivity contribution in [3.05, 3.63) is 0 Å². The smallest absolute Gasteiger partial charge is 0.220 e. The first kappa shape index (κ1) is 15.4. The van der Waals surface area contributed by atoms with Crippen LogP contribution in [0, 0.1) is 5.92 Å². The number of amides is 1. The number of hydrogen-bond acceptors (Lipinski definition) is 3. The van der Waals surface area contributed by atoms with E-state index in [1.807, 2.05) is 0 Å². The molecule has 1 saturated heterocycles. The molecule has 4 heteroatoms. The lowest BCUT2D eigenvalue weighted by Gasteiger charge is -2.19. The molecule has 0 spiro atoms. The minimum Gasteiger partial charge on any atom is -0.355 e. The molecule has 0 aromatic heterocycles. The molecule has 0 aliphatic carbocycles. The summed E-state index contributed by atoms with van der Waals surface area (Å²) in [7, 11) is 0. The van der Waals surface area contributed by atoms with Gasteiger partial charge in [0.15, 0.2) is 0 Å². The van der Waals surface area contributed by atoms with Crippen molar-refractivity contribution in [2.75, 3.05) is 39.3 Å². The molecular weight excluding hydrogens is 226 g/mol. The van der Waals surface area contributed by atoms with E-state index >= 15 is 0 Å². The number of nitrogens with zero attached hydrogens (tertiary/aromatic N) is 1. The largest absolute Gasteiger partial charge is 0.355 e. The SMILES string of the molecule is CCCN(CC)CCNC(=O)CCC1CCNC1. The van der Waals surface area contributed by atoms with Crippen molar-refractivity contribution < 1.29 is 4.79 Å². The quantitative estimate of drug-likeness (QED) is 0.651. The standard InChI is InChI=1S/C14H29N3O/c1-3-10-17(4-2)11-9-16-14(18)6-5-13-7-8-15-12-13/h13,15H,3-12H2,1-2H3,(H,16,18). The summed E-state index contributed by atoms with van der Waals surface area (Å²) >= 11 is 0. The highest BCUT2D eigenvalue weighted by Crippen LogP contribution is 2.13. The van der Waals surface area contributed by atoms with E-state index in [4.69, 9.17) is 0 Å². The van der Waals surface area contributed by atoms with E-state index in [1.165, 1.54) is 12.8 Å². The Morgan fingerprint density at radius 3 is 2.83 bits per heavy atom. The lowest BCUT2D eigenvalue weighted by molar-refractivity contribution is -0.121. The highest BCUT2D eigenvalue weighted by atomic mass is 16.1. The second-order valence-corrected chi connectivity index (χ2v) is 5.18. The van der Waals surface area contributed by atoms with Crippen LogP contribution in [0.25, 0.3) is 0 Å². The van der Waals surface area contributed by atoms with Gasteiger partial charge in [-0.1, -0.05) is 13.8 Å². The predicted octanol–water partition coefficient (Wildman–Crippen LogP) is 1.22. The average molecular weight is 255 g/mol. The maximum absolute atomic E-state index is 11.7. The highest BCUT2D eigenvalue weighted by Gasteiger charge is 2.15. The summed E-state index contributed by atoms with van der Waals surface area (Å²) in [6.45, 7) is 10.5. The van der Waals surface area contributed by atoms with Crippen LogP contribution >= 0.6 is 0 Å². The van der Waals surface area contributed by atoms with Crippen LogP contribution in [0.4, 0.5) is 0 Å². The summed E-state index contributed by atoms with van der Waals surface area (Å²) < 4.78 is 0. The number of hydrogen-bond donors (Lipinski definition) is 2. The molecule has 18 heavy (non-hydrogen) atoms. The van der Waals surface area contributed by atoms with Crippen LogP contribution in [0.15, 0.2) is 0 Å². The van der Waals surface area contributed by atoms with E-state index in [-0.39, 0.29) is 5.91 Å². The molecule has 1 aliphatic rings. The Morgan fingerprint density at radius 2 is 2.22 bits per heavy atom. The maximum Gasteiger partial charge on any atom is 0.220 e. The van der Waals surface area contributed by atoms with Gasteiger partial charge in [0.2, 0.25) is 5.91 Å². The van der Waals surface area contributed by atoms with E-state index in [9.17, 15) is 4.79 Å². The van der Waals surface area contributed by atoms with Gasteiger partial charge in [-0.2, -0.15) is 0 Å².